The maximum atomic E-state index is 9.30. The first-order valence-corrected chi connectivity index (χ1v) is 4.15. The van der Waals surface area contributed by atoms with E-state index in [0.717, 1.165) is 0 Å². The molecule has 0 saturated carbocycles. The standard InChI is InChI=1S/C9H18O3/c1-4-8(11)9(12)5-6(2)7(3)10/h4,6-12H,1,5H2,2-3H3/t6?,7-,8+,9-/m0/s1. The van der Waals surface area contributed by atoms with Gasteiger partial charge in [0.15, 0.2) is 0 Å². The van der Waals surface area contributed by atoms with E-state index < -0.39 is 18.3 Å². The van der Waals surface area contributed by atoms with E-state index in [2.05, 4.69) is 6.58 Å². The van der Waals surface area contributed by atoms with Crippen LogP contribution in [0.1, 0.15) is 20.3 Å². The zero-order valence-electron chi connectivity index (χ0n) is 7.64. The Morgan fingerprint density at radius 1 is 1.25 bits per heavy atom. The smallest absolute Gasteiger partial charge is 0.0977 e. The normalized spacial score (nSPS) is 21.1. The van der Waals surface area contributed by atoms with Crippen molar-refractivity contribution in [1.29, 1.82) is 0 Å². The van der Waals surface area contributed by atoms with Gasteiger partial charge in [-0.1, -0.05) is 13.0 Å². The Bertz CT molecular complexity index is 134. The molecule has 0 saturated heterocycles. The molecule has 0 amide bonds. The van der Waals surface area contributed by atoms with E-state index in [4.69, 9.17) is 10.2 Å². The van der Waals surface area contributed by atoms with E-state index in [1.165, 1.54) is 6.08 Å². The highest BCUT2D eigenvalue weighted by Gasteiger charge is 2.18. The predicted molar refractivity (Wildman–Crippen MR) is 47.7 cm³/mol. The summed E-state index contributed by atoms with van der Waals surface area (Å²) < 4.78 is 0. The lowest BCUT2D eigenvalue weighted by atomic mass is 9.96. The van der Waals surface area contributed by atoms with Crippen LogP contribution in [0.5, 0.6) is 0 Å². The van der Waals surface area contributed by atoms with Crippen molar-refractivity contribution in [3.8, 4) is 0 Å². The van der Waals surface area contributed by atoms with Crippen molar-refractivity contribution < 1.29 is 15.3 Å². The van der Waals surface area contributed by atoms with Gasteiger partial charge >= 0.3 is 0 Å². The molecule has 0 spiro atoms. The van der Waals surface area contributed by atoms with Crippen LogP contribution in [0.4, 0.5) is 0 Å². The summed E-state index contributed by atoms with van der Waals surface area (Å²) in [5.41, 5.74) is 0. The van der Waals surface area contributed by atoms with Crippen molar-refractivity contribution in [2.45, 2.75) is 38.6 Å². The Balaban J connectivity index is 3.82. The van der Waals surface area contributed by atoms with Crippen LogP contribution >= 0.6 is 0 Å². The monoisotopic (exact) mass is 174 g/mol. The van der Waals surface area contributed by atoms with Gasteiger partial charge in [-0.05, 0) is 19.3 Å². The van der Waals surface area contributed by atoms with Crippen molar-refractivity contribution in [3.63, 3.8) is 0 Å². The first kappa shape index (κ1) is 11.6. The molecule has 0 aromatic heterocycles. The molecule has 3 N–H and O–H groups in total. The van der Waals surface area contributed by atoms with Crippen LogP contribution in [0.25, 0.3) is 0 Å². The van der Waals surface area contributed by atoms with Gasteiger partial charge < -0.3 is 15.3 Å². The van der Waals surface area contributed by atoms with Gasteiger partial charge in [0.25, 0.3) is 0 Å². The Labute approximate surface area is 73.4 Å². The van der Waals surface area contributed by atoms with E-state index in [-0.39, 0.29) is 5.92 Å². The van der Waals surface area contributed by atoms with Gasteiger partial charge in [-0.3, -0.25) is 0 Å². The van der Waals surface area contributed by atoms with Gasteiger partial charge in [0.2, 0.25) is 0 Å². The maximum Gasteiger partial charge on any atom is 0.0977 e. The molecule has 0 aliphatic heterocycles. The molecule has 12 heavy (non-hydrogen) atoms. The minimum Gasteiger partial charge on any atom is -0.393 e. The third-order valence-electron chi connectivity index (χ3n) is 2.07. The van der Waals surface area contributed by atoms with E-state index in [1.807, 2.05) is 6.92 Å². The molecule has 0 aliphatic rings. The van der Waals surface area contributed by atoms with Crippen LogP contribution in [-0.2, 0) is 0 Å². The highest BCUT2D eigenvalue weighted by molar-refractivity contribution is 4.85. The van der Waals surface area contributed by atoms with Gasteiger partial charge in [0.1, 0.15) is 0 Å². The van der Waals surface area contributed by atoms with E-state index in [1.54, 1.807) is 6.92 Å². The minimum atomic E-state index is -0.897. The van der Waals surface area contributed by atoms with Crippen molar-refractivity contribution in [2.75, 3.05) is 0 Å². The first-order valence-electron chi connectivity index (χ1n) is 4.15. The molecular formula is C9H18O3. The van der Waals surface area contributed by atoms with Crippen molar-refractivity contribution in [2.24, 2.45) is 5.92 Å². The van der Waals surface area contributed by atoms with Gasteiger partial charge in [-0.25, -0.2) is 0 Å². The number of aliphatic hydroxyl groups excluding tert-OH is 3. The number of hydrogen-bond acceptors (Lipinski definition) is 3. The van der Waals surface area contributed by atoms with Crippen molar-refractivity contribution in [3.05, 3.63) is 12.7 Å². The molecule has 0 bridgehead atoms. The molecule has 0 heterocycles. The fraction of sp³-hybridized carbons (Fsp3) is 0.778. The quantitative estimate of drug-likeness (QED) is 0.525. The van der Waals surface area contributed by atoms with Gasteiger partial charge in [0.05, 0.1) is 18.3 Å². The molecule has 72 valence electrons. The Morgan fingerprint density at radius 2 is 1.75 bits per heavy atom. The minimum absolute atomic E-state index is 0.0189. The Hall–Kier alpha value is -0.380. The fourth-order valence-electron chi connectivity index (χ4n) is 0.874. The third kappa shape index (κ3) is 3.85. The summed E-state index contributed by atoms with van der Waals surface area (Å²) in [6.45, 7) is 6.85. The second kappa shape index (κ2) is 5.30. The lowest BCUT2D eigenvalue weighted by Crippen LogP contribution is -2.28. The third-order valence-corrected chi connectivity index (χ3v) is 2.07. The van der Waals surface area contributed by atoms with Gasteiger partial charge in [-0.15, -0.1) is 6.58 Å². The summed E-state index contributed by atoms with van der Waals surface area (Å²) in [6.07, 6.45) is -0.514. The largest absolute Gasteiger partial charge is 0.393 e. The van der Waals surface area contributed by atoms with E-state index in [0.29, 0.717) is 6.42 Å². The highest BCUT2D eigenvalue weighted by Crippen LogP contribution is 2.13. The molecule has 0 radical (unpaired) electrons. The topological polar surface area (TPSA) is 60.7 Å². The van der Waals surface area contributed by atoms with Crippen LogP contribution < -0.4 is 0 Å². The predicted octanol–water partition coefficient (Wildman–Crippen LogP) is 0.301. The molecule has 0 rings (SSSR count). The average Bonchev–Trinajstić information content (AvgIpc) is 2.02. The number of aliphatic hydroxyl groups is 3. The van der Waals surface area contributed by atoms with Gasteiger partial charge in [-0.2, -0.15) is 0 Å². The zero-order chi connectivity index (χ0) is 9.72. The fourth-order valence-corrected chi connectivity index (χ4v) is 0.874. The van der Waals surface area contributed by atoms with Crippen LogP contribution in [0.3, 0.4) is 0 Å². The molecule has 4 atom stereocenters. The summed E-state index contributed by atoms with van der Waals surface area (Å²) >= 11 is 0. The molecule has 0 aromatic carbocycles. The molecule has 1 unspecified atom stereocenters. The second-order valence-electron chi connectivity index (χ2n) is 3.25. The lowest BCUT2D eigenvalue weighted by molar-refractivity contribution is 0.0150. The SMILES string of the molecule is C=C[C@@H](O)[C@@H](O)CC(C)[C@H](C)O. The van der Waals surface area contributed by atoms with E-state index >= 15 is 0 Å². The zero-order valence-corrected chi connectivity index (χ0v) is 7.64. The van der Waals surface area contributed by atoms with Gasteiger partial charge in [0, 0.05) is 0 Å². The van der Waals surface area contributed by atoms with E-state index in [9.17, 15) is 5.11 Å². The lowest BCUT2D eigenvalue weighted by Gasteiger charge is -2.20. The maximum absolute atomic E-state index is 9.30. The number of rotatable bonds is 5. The summed E-state index contributed by atoms with van der Waals surface area (Å²) in [5.74, 6) is -0.0189. The van der Waals surface area contributed by atoms with Crippen molar-refractivity contribution >= 4 is 0 Å². The van der Waals surface area contributed by atoms with Crippen LogP contribution in [0.15, 0.2) is 12.7 Å². The second-order valence-corrected chi connectivity index (χ2v) is 3.25. The first-order chi connectivity index (χ1) is 5.49. The summed E-state index contributed by atoms with van der Waals surface area (Å²) in [7, 11) is 0. The molecule has 3 heteroatoms. The summed E-state index contributed by atoms with van der Waals surface area (Å²) in [6, 6.07) is 0. The highest BCUT2D eigenvalue weighted by atomic mass is 16.3. The molecule has 3 nitrogen and oxygen atoms in total. The molecular weight excluding hydrogens is 156 g/mol. The van der Waals surface area contributed by atoms with Crippen LogP contribution in [0.2, 0.25) is 0 Å². The summed E-state index contributed by atoms with van der Waals surface area (Å²) in [5, 5.41) is 27.5. The Kier molecular flexibility index (Phi) is 5.13. The average molecular weight is 174 g/mol. The molecule has 0 fully saturated rings. The number of hydrogen-bond donors (Lipinski definition) is 3. The van der Waals surface area contributed by atoms with Crippen LogP contribution in [0, 0.1) is 5.92 Å². The molecule has 0 aromatic rings. The van der Waals surface area contributed by atoms with Crippen LogP contribution in [-0.4, -0.2) is 33.6 Å². The van der Waals surface area contributed by atoms with Crippen molar-refractivity contribution in [1.82, 2.24) is 0 Å². The summed E-state index contributed by atoms with van der Waals surface area (Å²) in [4.78, 5) is 0. The Morgan fingerprint density at radius 3 is 2.08 bits per heavy atom. The molecule has 0 aliphatic carbocycles.